The van der Waals surface area contributed by atoms with E-state index in [0.29, 0.717) is 26.4 Å². The summed E-state index contributed by atoms with van der Waals surface area (Å²) in [5.41, 5.74) is 5.30. The zero-order valence-electron chi connectivity index (χ0n) is 8.35. The molecule has 0 aliphatic rings. The molecule has 1 rings (SSSR count). The zero-order chi connectivity index (χ0) is 10.2. The Balaban J connectivity index is 2.37. The number of nitrogens with two attached hydrogens (primary N) is 1. The molecule has 14 heavy (non-hydrogen) atoms. The van der Waals surface area contributed by atoms with Gasteiger partial charge >= 0.3 is 0 Å². The smallest absolute Gasteiger partial charge is 0.158 e. The summed E-state index contributed by atoms with van der Waals surface area (Å²) in [5, 5.41) is 7.73. The average Bonchev–Trinajstić information content (AvgIpc) is 2.63. The van der Waals surface area contributed by atoms with E-state index in [0.717, 1.165) is 12.4 Å². The normalized spacial score (nSPS) is 10.7. The molecule has 0 aliphatic heterocycles. The van der Waals surface area contributed by atoms with Crippen molar-refractivity contribution < 1.29 is 9.47 Å². The van der Waals surface area contributed by atoms with Gasteiger partial charge in [0, 0.05) is 20.2 Å². The predicted octanol–water partition coefficient (Wildman–Crippen LogP) is -0.600. The minimum atomic E-state index is 0.445. The summed E-state index contributed by atoms with van der Waals surface area (Å²) in [7, 11) is 1.66. The quantitative estimate of drug-likeness (QED) is 0.595. The topological polar surface area (TPSA) is 75.2 Å². The van der Waals surface area contributed by atoms with Gasteiger partial charge in [0.25, 0.3) is 0 Å². The molecule has 80 valence electrons. The Bertz CT molecular complexity index is 251. The predicted molar refractivity (Wildman–Crippen MR) is 50.6 cm³/mol. The summed E-state index contributed by atoms with van der Waals surface area (Å²) < 4.78 is 12.1. The Morgan fingerprint density at radius 1 is 1.50 bits per heavy atom. The third kappa shape index (κ3) is 3.41. The maximum atomic E-state index is 5.30. The highest BCUT2D eigenvalue weighted by Gasteiger charge is 2.02. The first-order valence-electron chi connectivity index (χ1n) is 4.52. The second-order valence-electron chi connectivity index (χ2n) is 2.77. The van der Waals surface area contributed by atoms with Gasteiger partial charge in [0.05, 0.1) is 13.2 Å². The monoisotopic (exact) mass is 200 g/mol. The molecule has 1 aromatic rings. The van der Waals surface area contributed by atoms with Gasteiger partial charge in [0.15, 0.2) is 5.82 Å². The van der Waals surface area contributed by atoms with Crippen LogP contribution >= 0.6 is 0 Å². The lowest BCUT2D eigenvalue weighted by Crippen LogP contribution is -2.12. The van der Waals surface area contributed by atoms with Crippen LogP contribution in [0.5, 0.6) is 0 Å². The maximum Gasteiger partial charge on any atom is 0.158 e. The van der Waals surface area contributed by atoms with Crippen molar-refractivity contribution in [1.29, 1.82) is 0 Å². The fraction of sp³-hybridized carbons (Fsp3) is 0.750. The van der Waals surface area contributed by atoms with Crippen molar-refractivity contribution in [1.82, 2.24) is 14.8 Å². The summed E-state index contributed by atoms with van der Waals surface area (Å²) in [6.45, 7) is 2.89. The Hall–Kier alpha value is -0.980. The molecule has 6 nitrogen and oxygen atoms in total. The van der Waals surface area contributed by atoms with Gasteiger partial charge in [-0.1, -0.05) is 0 Å². The summed E-state index contributed by atoms with van der Waals surface area (Å²) >= 11 is 0. The molecule has 0 saturated heterocycles. The Morgan fingerprint density at radius 3 is 3.07 bits per heavy atom. The molecule has 1 aromatic heterocycles. The molecular weight excluding hydrogens is 184 g/mol. The first-order valence-corrected chi connectivity index (χ1v) is 4.52. The number of hydrogen-bond donors (Lipinski definition) is 1. The highest BCUT2D eigenvalue weighted by atomic mass is 16.5. The standard InChI is InChI=1S/C8H16N4O2/c1-13-5-3-12-7-10-11-8(12)6-14-4-2-9/h7H,2-6,9H2,1H3. The van der Waals surface area contributed by atoms with Crippen LogP contribution in [0.4, 0.5) is 0 Å². The van der Waals surface area contributed by atoms with Crippen LogP contribution in [0.15, 0.2) is 6.33 Å². The van der Waals surface area contributed by atoms with Crippen LogP contribution in [0.2, 0.25) is 0 Å². The Kier molecular flexibility index (Phi) is 5.13. The van der Waals surface area contributed by atoms with Crippen LogP contribution in [-0.4, -0.2) is 41.6 Å². The Labute approximate surface area is 83.0 Å². The first kappa shape index (κ1) is 11.1. The van der Waals surface area contributed by atoms with E-state index in [9.17, 15) is 0 Å². The van der Waals surface area contributed by atoms with Gasteiger partial charge < -0.3 is 19.8 Å². The minimum Gasteiger partial charge on any atom is -0.383 e. The van der Waals surface area contributed by atoms with Crippen molar-refractivity contribution in [3.8, 4) is 0 Å². The molecule has 2 N–H and O–H groups in total. The molecular formula is C8H16N4O2. The van der Waals surface area contributed by atoms with Crippen LogP contribution in [0.1, 0.15) is 5.82 Å². The average molecular weight is 200 g/mol. The number of aromatic nitrogens is 3. The van der Waals surface area contributed by atoms with Gasteiger partial charge in [0.1, 0.15) is 12.9 Å². The molecule has 0 aliphatic carbocycles. The molecule has 0 unspecified atom stereocenters. The Morgan fingerprint density at radius 2 is 2.36 bits per heavy atom. The van der Waals surface area contributed by atoms with E-state index in [2.05, 4.69) is 10.2 Å². The summed E-state index contributed by atoms with van der Waals surface area (Å²) in [4.78, 5) is 0. The molecule has 6 heteroatoms. The van der Waals surface area contributed by atoms with Gasteiger partial charge in [-0.3, -0.25) is 0 Å². The van der Waals surface area contributed by atoms with Crippen LogP contribution in [0.3, 0.4) is 0 Å². The molecule has 0 amide bonds. The lowest BCUT2D eigenvalue weighted by atomic mass is 10.5. The fourth-order valence-corrected chi connectivity index (χ4v) is 1.01. The highest BCUT2D eigenvalue weighted by molar-refractivity contribution is 4.82. The summed E-state index contributed by atoms with van der Waals surface area (Å²) in [5.74, 6) is 0.801. The van der Waals surface area contributed by atoms with E-state index in [-0.39, 0.29) is 0 Å². The number of methoxy groups -OCH3 is 1. The number of rotatable bonds is 7. The number of nitrogens with zero attached hydrogens (tertiary/aromatic N) is 3. The van der Waals surface area contributed by atoms with Gasteiger partial charge in [-0.25, -0.2) is 0 Å². The van der Waals surface area contributed by atoms with Gasteiger partial charge in [0.2, 0.25) is 0 Å². The third-order valence-corrected chi connectivity index (χ3v) is 1.73. The van der Waals surface area contributed by atoms with E-state index < -0.39 is 0 Å². The zero-order valence-corrected chi connectivity index (χ0v) is 8.35. The molecule has 0 atom stereocenters. The lowest BCUT2D eigenvalue weighted by Gasteiger charge is -2.05. The van der Waals surface area contributed by atoms with Crippen molar-refractivity contribution in [2.45, 2.75) is 13.2 Å². The van der Waals surface area contributed by atoms with Crippen molar-refractivity contribution in [3.05, 3.63) is 12.2 Å². The molecule has 0 spiro atoms. The molecule has 0 aromatic carbocycles. The SMILES string of the molecule is COCCn1cnnc1COCCN. The lowest BCUT2D eigenvalue weighted by molar-refractivity contribution is 0.117. The molecule has 1 heterocycles. The number of ether oxygens (including phenoxy) is 2. The molecule has 0 radical (unpaired) electrons. The van der Waals surface area contributed by atoms with Gasteiger partial charge in [-0.15, -0.1) is 10.2 Å². The van der Waals surface area contributed by atoms with Crippen LogP contribution in [0.25, 0.3) is 0 Å². The van der Waals surface area contributed by atoms with E-state index in [4.69, 9.17) is 15.2 Å². The second kappa shape index (κ2) is 6.47. The summed E-state index contributed by atoms with van der Waals surface area (Å²) in [6, 6.07) is 0. The highest BCUT2D eigenvalue weighted by Crippen LogP contribution is 1.97. The first-order chi connectivity index (χ1) is 6.88. The van der Waals surface area contributed by atoms with E-state index in [1.165, 1.54) is 0 Å². The largest absolute Gasteiger partial charge is 0.383 e. The van der Waals surface area contributed by atoms with Crippen LogP contribution in [0, 0.1) is 0 Å². The van der Waals surface area contributed by atoms with Gasteiger partial charge in [-0.05, 0) is 0 Å². The minimum absolute atomic E-state index is 0.445. The maximum absolute atomic E-state index is 5.30. The van der Waals surface area contributed by atoms with Crippen LogP contribution in [-0.2, 0) is 22.6 Å². The fourth-order valence-electron chi connectivity index (χ4n) is 1.01. The molecule has 0 fully saturated rings. The van der Waals surface area contributed by atoms with Crippen molar-refractivity contribution in [3.63, 3.8) is 0 Å². The van der Waals surface area contributed by atoms with Crippen molar-refractivity contribution in [2.24, 2.45) is 5.73 Å². The van der Waals surface area contributed by atoms with Crippen molar-refractivity contribution in [2.75, 3.05) is 26.9 Å². The number of hydrogen-bond acceptors (Lipinski definition) is 5. The molecule has 0 bridgehead atoms. The summed E-state index contributed by atoms with van der Waals surface area (Å²) in [6.07, 6.45) is 1.67. The second-order valence-corrected chi connectivity index (χ2v) is 2.77. The third-order valence-electron chi connectivity index (χ3n) is 1.73. The van der Waals surface area contributed by atoms with E-state index in [1.807, 2.05) is 4.57 Å². The van der Waals surface area contributed by atoms with E-state index in [1.54, 1.807) is 13.4 Å². The van der Waals surface area contributed by atoms with Crippen molar-refractivity contribution >= 4 is 0 Å². The molecule has 0 saturated carbocycles. The van der Waals surface area contributed by atoms with Crippen LogP contribution < -0.4 is 5.73 Å². The van der Waals surface area contributed by atoms with E-state index >= 15 is 0 Å². The van der Waals surface area contributed by atoms with Gasteiger partial charge in [-0.2, -0.15) is 0 Å².